The van der Waals surface area contributed by atoms with Crippen LogP contribution in [-0.2, 0) is 4.79 Å². The van der Waals surface area contributed by atoms with E-state index in [9.17, 15) is 9.59 Å². The molecule has 0 unspecified atom stereocenters. The van der Waals surface area contributed by atoms with Crippen LogP contribution >= 0.6 is 0 Å². The Hall–Kier alpha value is -2.04. The largest absolute Gasteiger partial charge is 0.481 e. The van der Waals surface area contributed by atoms with Crippen LogP contribution in [0.3, 0.4) is 0 Å². The first-order chi connectivity index (χ1) is 10.5. The second kappa shape index (κ2) is 7.82. The van der Waals surface area contributed by atoms with E-state index in [0.717, 1.165) is 31.2 Å². The molecule has 0 spiro atoms. The molecular weight excluding hydrogens is 280 g/mol. The van der Waals surface area contributed by atoms with Crippen LogP contribution in [0.1, 0.15) is 44.6 Å². The van der Waals surface area contributed by atoms with E-state index in [0.29, 0.717) is 5.75 Å². The molecule has 0 saturated heterocycles. The van der Waals surface area contributed by atoms with Crippen LogP contribution in [0.2, 0.25) is 0 Å². The van der Waals surface area contributed by atoms with Gasteiger partial charge in [0.15, 0.2) is 6.10 Å². The predicted octanol–water partition coefficient (Wildman–Crippen LogP) is 2.92. The third-order valence-electron chi connectivity index (χ3n) is 3.85. The third-order valence-corrected chi connectivity index (χ3v) is 3.85. The molecule has 1 aromatic carbocycles. The van der Waals surface area contributed by atoms with Gasteiger partial charge in [0.1, 0.15) is 5.75 Å². The SMILES string of the molecule is Cc1cccc(O[C@@H](C)C(=O)NC(=O)NC2CCCCC2)c1. The summed E-state index contributed by atoms with van der Waals surface area (Å²) in [5.74, 6) is 0.185. The molecule has 1 aromatic rings. The fourth-order valence-corrected chi connectivity index (χ4v) is 2.63. The van der Waals surface area contributed by atoms with Crippen LogP contribution in [0.5, 0.6) is 5.75 Å². The Bertz CT molecular complexity index is 524. The van der Waals surface area contributed by atoms with Gasteiger partial charge in [-0.05, 0) is 44.4 Å². The van der Waals surface area contributed by atoms with Gasteiger partial charge >= 0.3 is 6.03 Å². The van der Waals surface area contributed by atoms with Gasteiger partial charge < -0.3 is 10.1 Å². The minimum absolute atomic E-state index is 0.176. The van der Waals surface area contributed by atoms with Crippen LogP contribution < -0.4 is 15.4 Å². The lowest BCUT2D eigenvalue weighted by Crippen LogP contribution is -2.48. The van der Waals surface area contributed by atoms with Crippen LogP contribution in [0, 0.1) is 6.92 Å². The first kappa shape index (κ1) is 16.3. The number of carbonyl (C=O) groups is 2. The minimum Gasteiger partial charge on any atom is -0.481 e. The molecule has 2 N–H and O–H groups in total. The Labute approximate surface area is 131 Å². The Morgan fingerprint density at radius 3 is 2.64 bits per heavy atom. The number of hydrogen-bond acceptors (Lipinski definition) is 3. The van der Waals surface area contributed by atoms with Gasteiger partial charge in [-0.2, -0.15) is 0 Å². The number of amides is 3. The van der Waals surface area contributed by atoms with Gasteiger partial charge in [0.2, 0.25) is 0 Å². The van der Waals surface area contributed by atoms with E-state index in [4.69, 9.17) is 4.74 Å². The molecule has 3 amide bonds. The molecule has 1 aliphatic rings. The Kier molecular flexibility index (Phi) is 5.81. The van der Waals surface area contributed by atoms with Gasteiger partial charge in [0.25, 0.3) is 5.91 Å². The number of nitrogens with one attached hydrogen (secondary N) is 2. The van der Waals surface area contributed by atoms with Crippen molar-refractivity contribution in [3.63, 3.8) is 0 Å². The molecule has 120 valence electrons. The second-order valence-electron chi connectivity index (χ2n) is 5.87. The number of aryl methyl sites for hydroxylation is 1. The molecule has 2 rings (SSSR count). The van der Waals surface area contributed by atoms with Crippen molar-refractivity contribution in [1.82, 2.24) is 10.6 Å². The minimum atomic E-state index is -0.723. The monoisotopic (exact) mass is 304 g/mol. The van der Waals surface area contributed by atoms with E-state index in [1.165, 1.54) is 6.42 Å². The zero-order chi connectivity index (χ0) is 15.9. The van der Waals surface area contributed by atoms with E-state index < -0.39 is 18.0 Å². The highest BCUT2D eigenvalue weighted by atomic mass is 16.5. The van der Waals surface area contributed by atoms with Gasteiger partial charge in [-0.3, -0.25) is 10.1 Å². The summed E-state index contributed by atoms with van der Waals surface area (Å²) in [5.41, 5.74) is 1.06. The molecule has 0 radical (unpaired) electrons. The lowest BCUT2D eigenvalue weighted by molar-refractivity contribution is -0.126. The quantitative estimate of drug-likeness (QED) is 0.898. The molecule has 1 fully saturated rings. The van der Waals surface area contributed by atoms with Gasteiger partial charge in [0.05, 0.1) is 0 Å². The molecule has 0 aromatic heterocycles. The van der Waals surface area contributed by atoms with Crippen molar-refractivity contribution in [2.75, 3.05) is 0 Å². The highest BCUT2D eigenvalue weighted by molar-refractivity contribution is 5.96. The maximum atomic E-state index is 12.0. The molecule has 0 heterocycles. The van der Waals surface area contributed by atoms with Crippen molar-refractivity contribution >= 4 is 11.9 Å². The number of urea groups is 1. The smallest absolute Gasteiger partial charge is 0.321 e. The average molecular weight is 304 g/mol. The summed E-state index contributed by atoms with van der Waals surface area (Å²) in [6.07, 6.45) is 4.73. The second-order valence-corrected chi connectivity index (χ2v) is 5.87. The third kappa shape index (κ3) is 5.06. The van der Waals surface area contributed by atoms with E-state index in [-0.39, 0.29) is 6.04 Å². The summed E-state index contributed by atoms with van der Waals surface area (Å²) in [6, 6.07) is 7.21. The topological polar surface area (TPSA) is 67.4 Å². The van der Waals surface area contributed by atoms with Crippen molar-refractivity contribution in [2.24, 2.45) is 0 Å². The number of benzene rings is 1. The Morgan fingerprint density at radius 1 is 1.23 bits per heavy atom. The van der Waals surface area contributed by atoms with Crippen molar-refractivity contribution in [3.05, 3.63) is 29.8 Å². The lowest BCUT2D eigenvalue weighted by Gasteiger charge is -2.23. The highest BCUT2D eigenvalue weighted by Gasteiger charge is 2.20. The van der Waals surface area contributed by atoms with Gasteiger partial charge in [0, 0.05) is 6.04 Å². The van der Waals surface area contributed by atoms with E-state index >= 15 is 0 Å². The van der Waals surface area contributed by atoms with E-state index in [1.807, 2.05) is 25.1 Å². The first-order valence-corrected chi connectivity index (χ1v) is 7.89. The molecule has 22 heavy (non-hydrogen) atoms. The summed E-state index contributed by atoms with van der Waals surface area (Å²) >= 11 is 0. The van der Waals surface area contributed by atoms with Crippen LogP contribution in [0.15, 0.2) is 24.3 Å². The zero-order valence-corrected chi connectivity index (χ0v) is 13.2. The normalized spacial score (nSPS) is 16.6. The fourth-order valence-electron chi connectivity index (χ4n) is 2.63. The number of imide groups is 1. The predicted molar refractivity (Wildman–Crippen MR) is 84.8 cm³/mol. The molecule has 5 heteroatoms. The average Bonchev–Trinajstić information content (AvgIpc) is 2.48. The molecule has 0 aliphatic heterocycles. The van der Waals surface area contributed by atoms with Crippen LogP contribution in [0.4, 0.5) is 4.79 Å². The lowest BCUT2D eigenvalue weighted by atomic mass is 9.96. The first-order valence-electron chi connectivity index (χ1n) is 7.89. The molecule has 1 saturated carbocycles. The summed E-state index contributed by atoms with van der Waals surface area (Å²) in [7, 11) is 0. The Morgan fingerprint density at radius 2 is 1.95 bits per heavy atom. The molecular formula is C17H24N2O3. The molecule has 5 nitrogen and oxygen atoms in total. The van der Waals surface area contributed by atoms with Crippen molar-refractivity contribution < 1.29 is 14.3 Å². The van der Waals surface area contributed by atoms with E-state index in [2.05, 4.69) is 10.6 Å². The maximum absolute atomic E-state index is 12.0. The van der Waals surface area contributed by atoms with E-state index in [1.54, 1.807) is 13.0 Å². The van der Waals surface area contributed by atoms with Crippen LogP contribution in [-0.4, -0.2) is 24.1 Å². The Balaban J connectivity index is 1.79. The summed E-state index contributed by atoms with van der Waals surface area (Å²) in [4.78, 5) is 23.8. The van der Waals surface area contributed by atoms with Crippen molar-refractivity contribution in [3.8, 4) is 5.75 Å². The molecule has 1 aliphatic carbocycles. The van der Waals surface area contributed by atoms with Gasteiger partial charge in [-0.25, -0.2) is 4.79 Å². The number of ether oxygens (including phenoxy) is 1. The molecule has 1 atom stereocenters. The summed E-state index contributed by atoms with van der Waals surface area (Å²) < 4.78 is 5.56. The van der Waals surface area contributed by atoms with Gasteiger partial charge in [-0.15, -0.1) is 0 Å². The summed E-state index contributed by atoms with van der Waals surface area (Å²) in [6.45, 7) is 3.58. The van der Waals surface area contributed by atoms with Crippen LogP contribution in [0.25, 0.3) is 0 Å². The van der Waals surface area contributed by atoms with Crippen molar-refractivity contribution in [1.29, 1.82) is 0 Å². The number of rotatable bonds is 4. The summed E-state index contributed by atoms with van der Waals surface area (Å²) in [5, 5.41) is 5.20. The molecule has 0 bridgehead atoms. The maximum Gasteiger partial charge on any atom is 0.321 e. The fraction of sp³-hybridized carbons (Fsp3) is 0.529. The van der Waals surface area contributed by atoms with Crippen molar-refractivity contribution in [2.45, 2.75) is 58.1 Å². The standard InChI is InChI=1S/C17H24N2O3/c1-12-7-6-10-15(11-12)22-13(2)16(20)19-17(21)18-14-8-4-3-5-9-14/h6-7,10-11,13-14H,3-5,8-9H2,1-2H3,(H2,18,19,20,21)/t13-/m0/s1. The highest BCUT2D eigenvalue weighted by Crippen LogP contribution is 2.17. The number of carbonyl (C=O) groups excluding carboxylic acids is 2. The van der Waals surface area contributed by atoms with Gasteiger partial charge in [-0.1, -0.05) is 31.4 Å². The zero-order valence-electron chi connectivity index (χ0n) is 13.2. The number of hydrogen-bond donors (Lipinski definition) is 2.